The summed E-state index contributed by atoms with van der Waals surface area (Å²) in [4.78, 5) is 19.3. The highest BCUT2D eigenvalue weighted by Gasteiger charge is 2.04. The quantitative estimate of drug-likeness (QED) is 0.779. The summed E-state index contributed by atoms with van der Waals surface area (Å²) in [5.41, 5.74) is 0.836. The van der Waals surface area contributed by atoms with Crippen molar-refractivity contribution in [2.75, 3.05) is 12.4 Å². The van der Waals surface area contributed by atoms with Crippen LogP contribution in [0.25, 0.3) is 6.08 Å². The van der Waals surface area contributed by atoms with E-state index < -0.39 is 0 Å². The Morgan fingerprint density at radius 3 is 3.11 bits per heavy atom. The first-order chi connectivity index (χ1) is 8.78. The average Bonchev–Trinajstić information content (AvgIpc) is 2.85. The van der Waals surface area contributed by atoms with E-state index in [1.807, 2.05) is 6.07 Å². The van der Waals surface area contributed by atoms with Crippen molar-refractivity contribution in [3.63, 3.8) is 0 Å². The second kappa shape index (κ2) is 5.58. The van der Waals surface area contributed by atoms with E-state index in [0.29, 0.717) is 0 Å². The number of nitrogens with one attached hydrogen (secondary N) is 2. The summed E-state index contributed by atoms with van der Waals surface area (Å²) in [5, 5.41) is 8.73. The summed E-state index contributed by atoms with van der Waals surface area (Å²) < 4.78 is 4.77. The summed E-state index contributed by atoms with van der Waals surface area (Å²) in [5.74, 6) is -0.0923. The first kappa shape index (κ1) is 11.8. The summed E-state index contributed by atoms with van der Waals surface area (Å²) in [7, 11) is 1.44. The fourth-order valence-electron chi connectivity index (χ4n) is 1.20. The molecule has 92 valence electrons. The number of rotatable bonds is 4. The molecule has 0 radical (unpaired) electrons. The zero-order valence-electron chi connectivity index (χ0n) is 9.62. The van der Waals surface area contributed by atoms with Gasteiger partial charge in [0.25, 0.3) is 5.91 Å². The first-order valence-corrected chi connectivity index (χ1v) is 5.13. The molecule has 0 aliphatic carbocycles. The van der Waals surface area contributed by atoms with Gasteiger partial charge < -0.3 is 4.74 Å². The molecule has 2 aromatic heterocycles. The number of amides is 1. The Balaban J connectivity index is 1.94. The van der Waals surface area contributed by atoms with Crippen LogP contribution in [0.15, 0.2) is 30.6 Å². The van der Waals surface area contributed by atoms with Gasteiger partial charge in [-0.1, -0.05) is 6.07 Å². The highest BCUT2D eigenvalue weighted by molar-refractivity contribution is 6.00. The van der Waals surface area contributed by atoms with E-state index in [0.717, 1.165) is 5.56 Å². The number of pyridine rings is 1. The third-order valence-electron chi connectivity index (χ3n) is 2.00. The number of carbonyl (C=O) groups excluding carboxylic acids is 1. The van der Waals surface area contributed by atoms with Crippen molar-refractivity contribution in [3.05, 3.63) is 36.2 Å². The monoisotopic (exact) mass is 245 g/mol. The molecule has 7 nitrogen and oxygen atoms in total. The molecule has 0 bridgehead atoms. The van der Waals surface area contributed by atoms with Gasteiger partial charge in [0.1, 0.15) is 0 Å². The van der Waals surface area contributed by atoms with E-state index in [4.69, 9.17) is 4.74 Å². The van der Waals surface area contributed by atoms with Gasteiger partial charge in [-0.2, -0.15) is 4.98 Å². The zero-order valence-corrected chi connectivity index (χ0v) is 9.62. The Bertz CT molecular complexity index is 550. The summed E-state index contributed by atoms with van der Waals surface area (Å²) in [6, 6.07) is 3.80. The average molecular weight is 245 g/mol. The van der Waals surface area contributed by atoms with Crippen LogP contribution in [0.3, 0.4) is 0 Å². The number of H-pyrrole nitrogens is 1. The predicted molar refractivity (Wildman–Crippen MR) is 64.8 cm³/mol. The molecule has 0 saturated heterocycles. The van der Waals surface area contributed by atoms with Crippen LogP contribution in [0, 0.1) is 0 Å². The second-order valence-electron chi connectivity index (χ2n) is 3.28. The van der Waals surface area contributed by atoms with Crippen molar-refractivity contribution in [2.45, 2.75) is 0 Å². The molecule has 0 spiro atoms. The van der Waals surface area contributed by atoms with Crippen molar-refractivity contribution in [3.8, 4) is 6.01 Å². The van der Waals surface area contributed by atoms with Gasteiger partial charge in [-0.05, 0) is 17.7 Å². The van der Waals surface area contributed by atoms with E-state index in [-0.39, 0.29) is 17.9 Å². The Kier molecular flexibility index (Phi) is 3.65. The summed E-state index contributed by atoms with van der Waals surface area (Å²) >= 11 is 0. The molecule has 2 N–H and O–H groups in total. The third-order valence-corrected chi connectivity index (χ3v) is 2.00. The lowest BCUT2D eigenvalue weighted by molar-refractivity contribution is -0.111. The van der Waals surface area contributed by atoms with E-state index >= 15 is 0 Å². The van der Waals surface area contributed by atoms with Gasteiger partial charge in [0.05, 0.1) is 7.11 Å². The molecule has 0 aromatic carbocycles. The number of nitrogens with zero attached hydrogens (tertiary/aromatic N) is 3. The molecule has 0 aliphatic rings. The van der Waals surface area contributed by atoms with E-state index in [1.165, 1.54) is 13.2 Å². The Morgan fingerprint density at radius 2 is 2.44 bits per heavy atom. The van der Waals surface area contributed by atoms with Crippen LogP contribution in [0.2, 0.25) is 0 Å². The van der Waals surface area contributed by atoms with Gasteiger partial charge in [-0.25, -0.2) is 5.10 Å². The first-order valence-electron chi connectivity index (χ1n) is 5.13. The lowest BCUT2D eigenvalue weighted by Gasteiger charge is -1.95. The molecule has 0 aliphatic heterocycles. The highest BCUT2D eigenvalue weighted by Crippen LogP contribution is 2.05. The minimum absolute atomic E-state index is 0.168. The molecule has 2 aromatic rings. The van der Waals surface area contributed by atoms with Crippen molar-refractivity contribution >= 4 is 17.9 Å². The number of methoxy groups -OCH3 is 1. The number of carbonyl (C=O) groups is 1. The van der Waals surface area contributed by atoms with Crippen molar-refractivity contribution < 1.29 is 9.53 Å². The second-order valence-corrected chi connectivity index (χ2v) is 3.28. The van der Waals surface area contributed by atoms with Crippen molar-refractivity contribution in [2.24, 2.45) is 0 Å². The lowest BCUT2D eigenvalue weighted by atomic mass is 10.2. The number of anilines is 1. The van der Waals surface area contributed by atoms with Gasteiger partial charge in [-0.15, -0.1) is 5.10 Å². The summed E-state index contributed by atoms with van der Waals surface area (Å²) in [6.07, 6.45) is 6.35. The van der Waals surface area contributed by atoms with E-state index in [1.54, 1.807) is 24.5 Å². The van der Waals surface area contributed by atoms with E-state index in [2.05, 4.69) is 25.5 Å². The number of hydrogen-bond acceptors (Lipinski definition) is 5. The number of aromatic nitrogens is 4. The van der Waals surface area contributed by atoms with Gasteiger partial charge in [-0.3, -0.25) is 15.1 Å². The minimum Gasteiger partial charge on any atom is -0.466 e. The molecule has 0 saturated carbocycles. The fourth-order valence-corrected chi connectivity index (χ4v) is 1.20. The van der Waals surface area contributed by atoms with Crippen LogP contribution in [0.1, 0.15) is 5.56 Å². The van der Waals surface area contributed by atoms with Crippen LogP contribution >= 0.6 is 0 Å². The minimum atomic E-state index is -0.322. The van der Waals surface area contributed by atoms with Gasteiger partial charge in [0.15, 0.2) is 0 Å². The highest BCUT2D eigenvalue weighted by atomic mass is 16.5. The van der Waals surface area contributed by atoms with Crippen molar-refractivity contribution in [1.29, 1.82) is 0 Å². The number of aromatic amines is 1. The maximum Gasteiger partial charge on any atom is 0.336 e. The SMILES string of the molecule is COc1n[nH]c(NC(=O)/C=C/c2cccnc2)n1. The number of ether oxygens (including phenoxy) is 1. The van der Waals surface area contributed by atoms with Gasteiger partial charge in [0, 0.05) is 18.5 Å². The predicted octanol–water partition coefficient (Wildman–Crippen LogP) is 0.860. The molecule has 18 heavy (non-hydrogen) atoms. The fraction of sp³-hybridized carbons (Fsp3) is 0.0909. The Hall–Kier alpha value is -2.70. The maximum absolute atomic E-state index is 11.5. The molecule has 2 heterocycles. The van der Waals surface area contributed by atoms with E-state index in [9.17, 15) is 4.79 Å². The molecule has 7 heteroatoms. The summed E-state index contributed by atoms with van der Waals surface area (Å²) in [6.45, 7) is 0. The molecule has 0 fully saturated rings. The molecular weight excluding hydrogens is 234 g/mol. The molecule has 0 atom stereocenters. The van der Waals surface area contributed by atoms with Crippen LogP contribution in [-0.2, 0) is 4.79 Å². The molecule has 2 rings (SSSR count). The van der Waals surface area contributed by atoms with Crippen LogP contribution < -0.4 is 10.1 Å². The molecule has 0 unspecified atom stereocenters. The topological polar surface area (TPSA) is 92.8 Å². The Labute approximate surface area is 103 Å². The Morgan fingerprint density at radius 1 is 1.56 bits per heavy atom. The van der Waals surface area contributed by atoms with Crippen LogP contribution in [0.5, 0.6) is 6.01 Å². The van der Waals surface area contributed by atoms with Crippen LogP contribution in [0.4, 0.5) is 5.95 Å². The molecule has 1 amide bonds. The standard InChI is InChI=1S/C11H11N5O2/c1-18-11-14-10(15-16-11)13-9(17)5-4-8-3-2-6-12-7-8/h2-7H,1H3,(H2,13,14,15,16,17)/b5-4+. The third kappa shape index (κ3) is 3.14. The van der Waals surface area contributed by atoms with Gasteiger partial charge in [0.2, 0.25) is 5.95 Å². The van der Waals surface area contributed by atoms with Crippen molar-refractivity contribution in [1.82, 2.24) is 20.2 Å². The number of hydrogen-bond donors (Lipinski definition) is 2. The smallest absolute Gasteiger partial charge is 0.336 e. The van der Waals surface area contributed by atoms with Crippen LogP contribution in [-0.4, -0.2) is 33.2 Å². The largest absolute Gasteiger partial charge is 0.466 e. The maximum atomic E-state index is 11.5. The lowest BCUT2D eigenvalue weighted by Crippen LogP contribution is -2.09. The molecular formula is C11H11N5O2. The normalized spacial score (nSPS) is 10.5. The van der Waals surface area contributed by atoms with Gasteiger partial charge >= 0.3 is 6.01 Å². The zero-order chi connectivity index (χ0) is 12.8.